The number of benzene rings is 2. The van der Waals surface area contributed by atoms with Crippen LogP contribution < -0.4 is 10.1 Å². The molecule has 0 saturated heterocycles. The minimum Gasteiger partial charge on any atom is -0.494 e. The summed E-state index contributed by atoms with van der Waals surface area (Å²) in [6.07, 6.45) is 1.06. The van der Waals surface area contributed by atoms with Crippen LogP contribution in [0.2, 0.25) is 0 Å². The summed E-state index contributed by atoms with van der Waals surface area (Å²) in [5.74, 6) is 0.942. The van der Waals surface area contributed by atoms with Crippen LogP contribution in [0.15, 0.2) is 42.5 Å². The fourth-order valence-electron chi connectivity index (χ4n) is 3.95. The Balaban J connectivity index is 2.10. The van der Waals surface area contributed by atoms with Gasteiger partial charge < -0.3 is 10.1 Å². The van der Waals surface area contributed by atoms with Gasteiger partial charge in [0.2, 0.25) is 0 Å². The van der Waals surface area contributed by atoms with Gasteiger partial charge in [0.15, 0.2) is 0 Å². The molecule has 0 amide bonds. The average Bonchev–Trinajstić information content (AvgIpc) is 2.48. The Bertz CT molecular complexity index is 702. The highest BCUT2D eigenvalue weighted by atomic mass is 16.5. The highest BCUT2D eigenvalue weighted by Crippen LogP contribution is 2.47. The van der Waals surface area contributed by atoms with Crippen molar-refractivity contribution in [2.45, 2.75) is 52.0 Å². The van der Waals surface area contributed by atoms with Crippen LogP contribution in [0.25, 0.3) is 0 Å². The molecule has 1 heterocycles. The van der Waals surface area contributed by atoms with Crippen molar-refractivity contribution in [2.24, 2.45) is 0 Å². The van der Waals surface area contributed by atoms with E-state index < -0.39 is 0 Å². The van der Waals surface area contributed by atoms with Gasteiger partial charge in [-0.25, -0.2) is 0 Å². The second-order valence-corrected chi connectivity index (χ2v) is 7.52. The van der Waals surface area contributed by atoms with Crippen LogP contribution >= 0.6 is 0 Å². The number of fused-ring (bicyclic) bond motifs is 1. The number of ether oxygens (including phenoxy) is 1. The third-order valence-electron chi connectivity index (χ3n) is 4.84. The fraction of sp³-hybridized carbons (Fsp3) is 0.429. The number of anilines is 1. The Morgan fingerprint density at radius 3 is 2.39 bits per heavy atom. The molecule has 0 saturated carbocycles. The third-order valence-corrected chi connectivity index (χ3v) is 4.84. The van der Waals surface area contributed by atoms with Crippen molar-refractivity contribution < 1.29 is 4.74 Å². The summed E-state index contributed by atoms with van der Waals surface area (Å²) in [5, 5.41) is 3.70. The number of hydrogen-bond donors (Lipinski definition) is 1. The summed E-state index contributed by atoms with van der Waals surface area (Å²) in [6.45, 7) is 11.8. The summed E-state index contributed by atoms with van der Waals surface area (Å²) >= 11 is 0. The van der Waals surface area contributed by atoms with Gasteiger partial charge in [-0.3, -0.25) is 0 Å². The maximum absolute atomic E-state index is 5.60. The van der Waals surface area contributed by atoms with Crippen LogP contribution in [0, 0.1) is 6.92 Å². The van der Waals surface area contributed by atoms with E-state index in [9.17, 15) is 0 Å². The topological polar surface area (TPSA) is 21.3 Å². The summed E-state index contributed by atoms with van der Waals surface area (Å²) in [5.41, 5.74) is 5.37. The van der Waals surface area contributed by atoms with Crippen LogP contribution in [0.1, 0.15) is 50.8 Å². The van der Waals surface area contributed by atoms with Crippen molar-refractivity contribution in [3.8, 4) is 5.75 Å². The molecule has 2 nitrogen and oxygen atoms in total. The molecule has 0 aromatic heterocycles. The van der Waals surface area contributed by atoms with E-state index in [1.807, 2.05) is 6.92 Å². The average molecular weight is 309 g/mol. The highest BCUT2D eigenvalue weighted by Gasteiger charge is 2.41. The molecule has 23 heavy (non-hydrogen) atoms. The Morgan fingerprint density at radius 2 is 1.74 bits per heavy atom. The predicted octanol–water partition coefficient (Wildman–Crippen LogP) is 5.29. The molecule has 0 bridgehead atoms. The van der Waals surface area contributed by atoms with Crippen LogP contribution in [0.4, 0.5) is 5.69 Å². The molecule has 122 valence electrons. The van der Waals surface area contributed by atoms with E-state index in [1.165, 1.54) is 22.4 Å². The molecule has 1 aliphatic rings. The number of aryl methyl sites for hydroxylation is 1. The molecule has 1 N–H and O–H groups in total. The van der Waals surface area contributed by atoms with Gasteiger partial charge in [0, 0.05) is 16.6 Å². The zero-order valence-corrected chi connectivity index (χ0v) is 14.9. The van der Waals surface area contributed by atoms with Gasteiger partial charge in [-0.2, -0.15) is 0 Å². The van der Waals surface area contributed by atoms with E-state index in [1.54, 1.807) is 0 Å². The molecule has 0 aliphatic carbocycles. The first-order valence-electron chi connectivity index (χ1n) is 8.47. The lowest BCUT2D eigenvalue weighted by molar-refractivity contribution is 0.339. The molecular formula is C21H27NO. The van der Waals surface area contributed by atoms with E-state index in [-0.39, 0.29) is 11.0 Å². The molecule has 0 unspecified atom stereocenters. The van der Waals surface area contributed by atoms with Gasteiger partial charge >= 0.3 is 0 Å². The zero-order chi connectivity index (χ0) is 16.7. The van der Waals surface area contributed by atoms with Crippen molar-refractivity contribution in [1.29, 1.82) is 0 Å². The van der Waals surface area contributed by atoms with Crippen LogP contribution in [-0.2, 0) is 5.41 Å². The first kappa shape index (κ1) is 15.9. The number of hydrogen-bond acceptors (Lipinski definition) is 2. The van der Waals surface area contributed by atoms with E-state index in [4.69, 9.17) is 4.74 Å². The monoisotopic (exact) mass is 309 g/mol. The summed E-state index contributed by atoms with van der Waals surface area (Å²) in [7, 11) is 0. The van der Waals surface area contributed by atoms with E-state index >= 15 is 0 Å². The molecule has 1 atom stereocenters. The fourth-order valence-corrected chi connectivity index (χ4v) is 3.95. The lowest BCUT2D eigenvalue weighted by Crippen LogP contribution is -2.45. The zero-order valence-electron chi connectivity index (χ0n) is 14.9. The molecule has 0 fully saturated rings. The quantitative estimate of drug-likeness (QED) is 0.831. The Hall–Kier alpha value is -1.96. The van der Waals surface area contributed by atoms with Crippen molar-refractivity contribution >= 4 is 5.69 Å². The van der Waals surface area contributed by atoms with Gasteiger partial charge in [0.1, 0.15) is 5.75 Å². The minimum atomic E-state index is 0.000841. The standard InChI is InChI=1S/C21H27NO/c1-6-23-17-10-8-16(9-11-17)21(5)14-20(3,4)22-19-12-7-15(2)13-18(19)21/h7-13,22H,6,14H2,1-5H3/t21-/m0/s1. The van der Waals surface area contributed by atoms with Crippen LogP contribution in [0.5, 0.6) is 5.75 Å². The van der Waals surface area contributed by atoms with E-state index in [0.29, 0.717) is 6.61 Å². The Kier molecular flexibility index (Phi) is 3.87. The second-order valence-electron chi connectivity index (χ2n) is 7.52. The molecule has 2 aromatic carbocycles. The Labute approximate surface area is 139 Å². The normalized spacial score (nSPS) is 22.1. The summed E-state index contributed by atoms with van der Waals surface area (Å²) in [6, 6.07) is 15.4. The number of rotatable bonds is 3. The minimum absolute atomic E-state index is 0.000841. The Morgan fingerprint density at radius 1 is 1.04 bits per heavy atom. The molecule has 3 rings (SSSR count). The van der Waals surface area contributed by atoms with Crippen molar-refractivity contribution in [3.05, 3.63) is 59.2 Å². The van der Waals surface area contributed by atoms with Crippen molar-refractivity contribution in [1.82, 2.24) is 0 Å². The summed E-state index contributed by atoms with van der Waals surface area (Å²) < 4.78 is 5.60. The third kappa shape index (κ3) is 2.95. The first-order chi connectivity index (χ1) is 10.8. The lowest BCUT2D eigenvalue weighted by Gasteiger charge is -2.46. The van der Waals surface area contributed by atoms with E-state index in [2.05, 4.69) is 75.5 Å². The van der Waals surface area contributed by atoms with Crippen molar-refractivity contribution in [2.75, 3.05) is 11.9 Å². The maximum atomic E-state index is 5.60. The van der Waals surface area contributed by atoms with E-state index in [0.717, 1.165) is 12.2 Å². The SMILES string of the molecule is CCOc1ccc([C@]2(C)CC(C)(C)Nc3ccc(C)cc32)cc1. The van der Waals surface area contributed by atoms with Crippen molar-refractivity contribution in [3.63, 3.8) is 0 Å². The van der Waals surface area contributed by atoms with Gasteiger partial charge in [-0.05, 0) is 63.4 Å². The van der Waals surface area contributed by atoms with Crippen LogP contribution in [-0.4, -0.2) is 12.1 Å². The van der Waals surface area contributed by atoms with Gasteiger partial charge in [-0.1, -0.05) is 36.8 Å². The summed E-state index contributed by atoms with van der Waals surface area (Å²) in [4.78, 5) is 0. The molecule has 0 radical (unpaired) electrons. The molecule has 0 spiro atoms. The maximum Gasteiger partial charge on any atom is 0.119 e. The first-order valence-corrected chi connectivity index (χ1v) is 8.47. The largest absolute Gasteiger partial charge is 0.494 e. The molecule has 1 aliphatic heterocycles. The van der Waals surface area contributed by atoms with Gasteiger partial charge in [0.05, 0.1) is 6.61 Å². The molecule has 2 heteroatoms. The predicted molar refractivity (Wildman–Crippen MR) is 97.6 cm³/mol. The highest BCUT2D eigenvalue weighted by molar-refractivity contribution is 5.63. The number of nitrogens with one attached hydrogen (secondary N) is 1. The lowest BCUT2D eigenvalue weighted by atomic mass is 9.66. The van der Waals surface area contributed by atoms with Gasteiger partial charge in [0.25, 0.3) is 0 Å². The molecule has 2 aromatic rings. The smallest absolute Gasteiger partial charge is 0.119 e. The molecular weight excluding hydrogens is 282 g/mol. The van der Waals surface area contributed by atoms with Crippen LogP contribution in [0.3, 0.4) is 0 Å². The van der Waals surface area contributed by atoms with Gasteiger partial charge in [-0.15, -0.1) is 0 Å². The second kappa shape index (κ2) is 5.59.